The Morgan fingerprint density at radius 3 is 2.53 bits per heavy atom. The maximum absolute atomic E-state index is 12.8. The quantitative estimate of drug-likeness (QED) is 0.189. The number of hydrogen-bond acceptors (Lipinski definition) is 7. The van der Waals surface area contributed by atoms with Crippen LogP contribution in [0.3, 0.4) is 0 Å². The summed E-state index contributed by atoms with van der Waals surface area (Å²) in [5, 5.41) is 20.1. The van der Waals surface area contributed by atoms with Crippen LogP contribution in [-0.4, -0.2) is 75.0 Å². The van der Waals surface area contributed by atoms with Crippen molar-refractivity contribution >= 4 is 52.6 Å². The second-order valence-electron chi connectivity index (χ2n) is 9.94. The third-order valence-corrected chi connectivity index (χ3v) is 7.61. The number of nitrogens with one attached hydrogen (secondary N) is 4. The molecule has 2 aromatic heterocycles. The molecule has 1 aliphatic heterocycles. The molecule has 4 amide bonds. The molecule has 0 spiro atoms. The summed E-state index contributed by atoms with van der Waals surface area (Å²) >= 11 is 12.9. The van der Waals surface area contributed by atoms with E-state index in [1.807, 2.05) is 14.1 Å². The molecule has 0 unspecified atom stereocenters. The SMILES string of the molecule is CN(C)[C@H]1CCN(C(=O)Nc2cc(Oc3ccc(NC(=O)Nc4cc(=O)[nH]n4-c4ccc(O)cc4)c(Cl)c3Cl)ccn2)C1. The number of aromatic nitrogens is 3. The van der Waals surface area contributed by atoms with Crippen molar-refractivity contribution in [3.63, 3.8) is 0 Å². The molecule has 1 fully saturated rings. The number of anilines is 3. The summed E-state index contributed by atoms with van der Waals surface area (Å²) in [5.41, 5.74) is 0.249. The number of nitrogens with zero attached hydrogens (tertiary/aromatic N) is 4. The smallest absolute Gasteiger partial charge is 0.324 e. The van der Waals surface area contributed by atoms with Crippen molar-refractivity contribution in [1.29, 1.82) is 0 Å². The number of aromatic hydroxyl groups is 1. The van der Waals surface area contributed by atoms with Gasteiger partial charge in [0, 0.05) is 37.5 Å². The minimum absolute atomic E-state index is 0.0198. The van der Waals surface area contributed by atoms with Crippen LogP contribution in [0.1, 0.15) is 6.42 Å². The van der Waals surface area contributed by atoms with Crippen LogP contribution in [0, 0.1) is 0 Å². The van der Waals surface area contributed by atoms with Gasteiger partial charge in [0.15, 0.2) is 0 Å². The molecule has 0 aliphatic carbocycles. The lowest BCUT2D eigenvalue weighted by atomic mass is 10.2. The van der Waals surface area contributed by atoms with Gasteiger partial charge in [-0.1, -0.05) is 23.2 Å². The lowest BCUT2D eigenvalue weighted by Crippen LogP contribution is -2.36. The summed E-state index contributed by atoms with van der Waals surface area (Å²) in [6.45, 7) is 1.28. The van der Waals surface area contributed by atoms with E-state index in [2.05, 4.69) is 30.9 Å². The Labute approximate surface area is 256 Å². The van der Waals surface area contributed by atoms with Gasteiger partial charge in [-0.05, 0) is 63.0 Å². The second-order valence-corrected chi connectivity index (χ2v) is 10.7. The molecule has 13 nitrogen and oxygen atoms in total. The molecule has 43 heavy (non-hydrogen) atoms. The van der Waals surface area contributed by atoms with Crippen LogP contribution in [-0.2, 0) is 0 Å². The van der Waals surface area contributed by atoms with E-state index in [0.717, 1.165) is 6.42 Å². The van der Waals surface area contributed by atoms with Crippen LogP contribution in [0.5, 0.6) is 17.2 Å². The maximum atomic E-state index is 12.8. The monoisotopic (exact) mass is 626 g/mol. The maximum Gasteiger partial charge on any atom is 0.324 e. The Morgan fingerprint density at radius 1 is 1.05 bits per heavy atom. The molecule has 3 heterocycles. The van der Waals surface area contributed by atoms with Crippen molar-refractivity contribution in [3.05, 3.63) is 81.2 Å². The normalized spacial score (nSPS) is 14.5. The number of hydrogen-bond donors (Lipinski definition) is 5. The minimum atomic E-state index is -0.692. The number of pyridine rings is 1. The van der Waals surface area contributed by atoms with Gasteiger partial charge in [-0.15, -0.1) is 0 Å². The standard InChI is InChI=1S/C28H28Cl2N8O5/c1-36(2)17-10-12-37(15-17)28(42)33-22-13-19(9-11-31-22)43-21-8-7-20(25(29)26(21)30)32-27(41)34-23-14-24(40)35-38(23)16-3-5-18(39)6-4-16/h3-9,11,13-14,17,39H,10,12,15H2,1-2H3,(H,35,40)(H,31,33,42)(H2,32,34,41)/t17-/m0/s1. The summed E-state index contributed by atoms with van der Waals surface area (Å²) in [7, 11) is 3.98. The highest BCUT2D eigenvalue weighted by molar-refractivity contribution is 6.45. The molecule has 5 rings (SSSR count). The fourth-order valence-electron chi connectivity index (χ4n) is 4.47. The Kier molecular flexibility index (Phi) is 8.76. The average molecular weight is 627 g/mol. The van der Waals surface area contributed by atoms with Gasteiger partial charge >= 0.3 is 12.1 Å². The second kappa shape index (κ2) is 12.7. The Morgan fingerprint density at radius 2 is 1.81 bits per heavy atom. The molecule has 2 aromatic carbocycles. The fourth-order valence-corrected chi connectivity index (χ4v) is 4.88. The van der Waals surface area contributed by atoms with E-state index < -0.39 is 11.6 Å². The first-order valence-electron chi connectivity index (χ1n) is 13.1. The van der Waals surface area contributed by atoms with Gasteiger partial charge < -0.3 is 25.0 Å². The number of rotatable bonds is 7. The molecule has 1 aliphatic rings. The van der Waals surface area contributed by atoms with Crippen molar-refractivity contribution in [3.8, 4) is 22.9 Å². The lowest BCUT2D eigenvalue weighted by Gasteiger charge is -2.20. The summed E-state index contributed by atoms with van der Waals surface area (Å²) < 4.78 is 7.25. The topological polar surface area (TPSA) is 157 Å². The molecular weight excluding hydrogens is 599 g/mol. The molecule has 0 radical (unpaired) electrons. The number of benzene rings is 2. The van der Waals surface area contributed by atoms with Crippen LogP contribution >= 0.6 is 23.2 Å². The Balaban J connectivity index is 1.23. The van der Waals surface area contributed by atoms with E-state index in [4.69, 9.17) is 27.9 Å². The first kappa shape index (κ1) is 29.8. The number of likely N-dealkylation sites (tertiary alicyclic amines) is 1. The Hall–Kier alpha value is -4.72. The number of H-pyrrole nitrogens is 1. The van der Waals surface area contributed by atoms with Crippen molar-refractivity contribution in [2.45, 2.75) is 12.5 Å². The van der Waals surface area contributed by atoms with Crippen LogP contribution in [0.25, 0.3) is 5.69 Å². The van der Waals surface area contributed by atoms with Crippen molar-refractivity contribution < 1.29 is 19.4 Å². The van der Waals surface area contributed by atoms with Gasteiger partial charge in [0.25, 0.3) is 5.56 Å². The molecule has 1 saturated heterocycles. The van der Waals surface area contributed by atoms with Crippen LogP contribution in [0.2, 0.25) is 10.0 Å². The molecule has 224 valence electrons. The van der Waals surface area contributed by atoms with Gasteiger partial charge in [0.1, 0.15) is 33.9 Å². The first-order chi connectivity index (χ1) is 20.6. The number of phenolic OH excluding ortho intramolecular Hbond substituents is 1. The highest BCUT2D eigenvalue weighted by Gasteiger charge is 2.27. The lowest BCUT2D eigenvalue weighted by molar-refractivity contribution is 0.216. The number of amides is 4. The zero-order valence-electron chi connectivity index (χ0n) is 23.1. The molecule has 0 bridgehead atoms. The van der Waals surface area contributed by atoms with E-state index in [1.165, 1.54) is 41.2 Å². The largest absolute Gasteiger partial charge is 0.508 e. The molecular formula is C28H28Cl2N8O5. The van der Waals surface area contributed by atoms with Gasteiger partial charge in [-0.25, -0.2) is 19.3 Å². The number of phenols is 1. The predicted octanol–water partition coefficient (Wildman–Crippen LogP) is 5.18. The van der Waals surface area contributed by atoms with E-state index in [9.17, 15) is 19.5 Å². The number of ether oxygens (including phenoxy) is 1. The number of aromatic amines is 1. The molecule has 5 N–H and O–H groups in total. The third-order valence-electron chi connectivity index (χ3n) is 6.75. The van der Waals surface area contributed by atoms with Gasteiger partial charge in [0.2, 0.25) is 0 Å². The van der Waals surface area contributed by atoms with E-state index in [-0.39, 0.29) is 39.1 Å². The van der Waals surface area contributed by atoms with Crippen molar-refractivity contribution in [2.24, 2.45) is 0 Å². The summed E-state index contributed by atoms with van der Waals surface area (Å²) in [5.74, 6) is 1.08. The zero-order valence-corrected chi connectivity index (χ0v) is 24.6. The van der Waals surface area contributed by atoms with E-state index >= 15 is 0 Å². The van der Waals surface area contributed by atoms with E-state index in [0.29, 0.717) is 36.4 Å². The third kappa shape index (κ3) is 7.02. The molecule has 0 saturated carbocycles. The van der Waals surface area contributed by atoms with Crippen molar-refractivity contribution in [1.82, 2.24) is 24.6 Å². The number of likely N-dealkylation sites (N-methyl/N-ethyl adjacent to an activating group) is 1. The number of halogens is 2. The van der Waals surface area contributed by atoms with Gasteiger partial charge in [-0.2, -0.15) is 0 Å². The number of urea groups is 2. The van der Waals surface area contributed by atoms with Crippen LogP contribution in [0.15, 0.2) is 65.6 Å². The number of carbonyl (C=O) groups excluding carboxylic acids is 2. The summed E-state index contributed by atoms with van der Waals surface area (Å²) in [6, 6.07) is 12.8. The average Bonchev–Trinajstić information content (AvgIpc) is 3.61. The van der Waals surface area contributed by atoms with Gasteiger partial charge in [-0.3, -0.25) is 20.5 Å². The number of carbonyl (C=O) groups is 2. The predicted molar refractivity (Wildman–Crippen MR) is 164 cm³/mol. The summed E-state index contributed by atoms with van der Waals surface area (Å²) in [6.07, 6.45) is 2.39. The van der Waals surface area contributed by atoms with Crippen molar-refractivity contribution in [2.75, 3.05) is 43.1 Å². The zero-order chi connectivity index (χ0) is 30.7. The molecule has 15 heteroatoms. The molecule has 1 atom stereocenters. The minimum Gasteiger partial charge on any atom is -0.508 e. The fraction of sp³-hybridized carbons (Fsp3) is 0.214. The summed E-state index contributed by atoms with van der Waals surface area (Å²) in [4.78, 5) is 45.5. The van der Waals surface area contributed by atoms with Crippen LogP contribution in [0.4, 0.5) is 26.9 Å². The van der Waals surface area contributed by atoms with E-state index in [1.54, 1.807) is 29.2 Å². The van der Waals surface area contributed by atoms with Gasteiger partial charge in [0.05, 0.1) is 16.4 Å². The highest BCUT2D eigenvalue weighted by atomic mass is 35.5. The van der Waals surface area contributed by atoms with Crippen LogP contribution < -0.4 is 26.2 Å². The first-order valence-corrected chi connectivity index (χ1v) is 13.9. The Bertz CT molecular complexity index is 1710. The molecule has 4 aromatic rings. The highest BCUT2D eigenvalue weighted by Crippen LogP contribution is 2.39.